The third-order valence-corrected chi connectivity index (χ3v) is 5.26. The summed E-state index contributed by atoms with van der Waals surface area (Å²) < 4.78 is 0. The van der Waals surface area contributed by atoms with Crippen LogP contribution in [0.1, 0.15) is 45.1 Å². The van der Waals surface area contributed by atoms with Crippen LogP contribution in [0, 0.1) is 0 Å². The molecule has 0 saturated carbocycles. The lowest BCUT2D eigenvalue weighted by Gasteiger charge is -2.14. The van der Waals surface area contributed by atoms with Gasteiger partial charge in [-0.25, -0.2) is 9.97 Å². The minimum Gasteiger partial charge on any atom is -0.347 e. The van der Waals surface area contributed by atoms with Gasteiger partial charge in [0, 0.05) is 18.2 Å². The van der Waals surface area contributed by atoms with Gasteiger partial charge >= 0.3 is 0 Å². The van der Waals surface area contributed by atoms with Crippen LogP contribution in [0.2, 0.25) is 0 Å². The van der Waals surface area contributed by atoms with Crippen LogP contribution in [0.5, 0.6) is 0 Å². The van der Waals surface area contributed by atoms with E-state index in [4.69, 9.17) is 0 Å². The summed E-state index contributed by atoms with van der Waals surface area (Å²) in [7, 11) is 0. The van der Waals surface area contributed by atoms with Crippen molar-refractivity contribution in [1.29, 1.82) is 0 Å². The molecule has 0 unspecified atom stereocenters. The summed E-state index contributed by atoms with van der Waals surface area (Å²) >= 11 is 1.56. The summed E-state index contributed by atoms with van der Waals surface area (Å²) in [4.78, 5) is 32.9. The molecule has 0 aliphatic heterocycles. The zero-order valence-electron chi connectivity index (χ0n) is 16.4. The van der Waals surface area contributed by atoms with Crippen molar-refractivity contribution in [3.05, 3.63) is 76.0 Å². The van der Waals surface area contributed by atoms with Gasteiger partial charge < -0.3 is 10.6 Å². The van der Waals surface area contributed by atoms with Gasteiger partial charge in [0.25, 0.3) is 11.8 Å². The highest BCUT2D eigenvalue weighted by Gasteiger charge is 2.16. The van der Waals surface area contributed by atoms with E-state index in [1.807, 2.05) is 48.0 Å². The molecule has 31 heavy (non-hydrogen) atoms. The summed E-state index contributed by atoms with van der Waals surface area (Å²) in [5, 5.41) is 23.4. The predicted octanol–water partition coefficient (Wildman–Crippen LogP) is 2.14. The number of nitrogens with one attached hydrogen (secondary N) is 3. The number of aromatic nitrogens is 6. The Morgan fingerprint density at radius 2 is 1.87 bits per heavy atom. The molecule has 2 amide bonds. The average molecular weight is 434 g/mol. The number of thiophene rings is 1. The molecule has 0 saturated heterocycles. The second-order valence-electron chi connectivity index (χ2n) is 6.66. The summed E-state index contributed by atoms with van der Waals surface area (Å²) in [6.45, 7) is 2.25. The number of nitrogens with zero attached hydrogens (tertiary/aromatic N) is 5. The highest BCUT2D eigenvalue weighted by Crippen LogP contribution is 2.18. The fraction of sp³-hybridized carbons (Fsp3) is 0.150. The molecule has 3 heterocycles. The van der Waals surface area contributed by atoms with Gasteiger partial charge in [-0.05, 0) is 40.1 Å². The quantitative estimate of drug-likeness (QED) is 0.405. The summed E-state index contributed by atoms with van der Waals surface area (Å²) in [6, 6.07) is 10.5. The van der Waals surface area contributed by atoms with E-state index in [9.17, 15) is 9.59 Å². The van der Waals surface area contributed by atoms with Crippen LogP contribution in [0.15, 0.2) is 53.5 Å². The molecule has 4 aromatic rings. The maximum Gasteiger partial charge on any atom is 0.270 e. The summed E-state index contributed by atoms with van der Waals surface area (Å²) in [6.07, 6.45) is 1.21. The van der Waals surface area contributed by atoms with Crippen molar-refractivity contribution < 1.29 is 9.59 Å². The predicted molar refractivity (Wildman–Crippen MR) is 113 cm³/mol. The lowest BCUT2D eigenvalue weighted by molar-refractivity contribution is 0.0934. The molecule has 0 bridgehead atoms. The number of H-pyrrole nitrogens is 1. The van der Waals surface area contributed by atoms with Gasteiger partial charge in [-0.3, -0.25) is 9.59 Å². The zero-order chi connectivity index (χ0) is 21.6. The van der Waals surface area contributed by atoms with E-state index < -0.39 is 5.91 Å². The van der Waals surface area contributed by atoms with Crippen LogP contribution in [0.4, 0.5) is 0 Å². The Bertz CT molecular complexity index is 1160. The minimum atomic E-state index is -0.399. The van der Waals surface area contributed by atoms with E-state index in [0.29, 0.717) is 12.4 Å². The first-order chi connectivity index (χ1) is 15.1. The first-order valence-corrected chi connectivity index (χ1v) is 10.3. The fourth-order valence-electron chi connectivity index (χ4n) is 2.83. The van der Waals surface area contributed by atoms with Crippen molar-refractivity contribution >= 4 is 23.2 Å². The topological polar surface area (TPSA) is 138 Å². The third kappa shape index (κ3) is 4.95. The number of hydrogen-bond donors (Lipinski definition) is 3. The smallest absolute Gasteiger partial charge is 0.270 e. The van der Waals surface area contributed by atoms with E-state index in [1.165, 1.54) is 12.4 Å². The minimum absolute atomic E-state index is 0.117. The van der Waals surface area contributed by atoms with Crippen LogP contribution >= 0.6 is 11.3 Å². The molecule has 1 atom stereocenters. The van der Waals surface area contributed by atoms with Gasteiger partial charge in [-0.15, -0.1) is 10.2 Å². The standard InChI is InChI=1S/C20H18N8O2S/c1-12(14-2-4-15(5-3-14)18-25-27-28-26-18)24-20(30)17-8-16(22-11-23-17)19(29)21-9-13-6-7-31-10-13/h2-8,10-12H,9H2,1H3,(H,21,29)(H,24,30)(H,25,26,27,28)/t12-/m0/s1. The Morgan fingerprint density at radius 1 is 1.10 bits per heavy atom. The Hall–Kier alpha value is -3.99. The first-order valence-electron chi connectivity index (χ1n) is 9.36. The molecule has 0 aliphatic carbocycles. The molecular formula is C20H18N8O2S. The molecule has 11 heteroatoms. The highest BCUT2D eigenvalue weighted by molar-refractivity contribution is 7.07. The number of benzene rings is 1. The van der Waals surface area contributed by atoms with Crippen LogP contribution in [0.25, 0.3) is 11.4 Å². The first kappa shape index (κ1) is 20.3. The summed E-state index contributed by atoms with van der Waals surface area (Å²) in [5.41, 5.74) is 2.95. The second-order valence-corrected chi connectivity index (χ2v) is 7.44. The maximum atomic E-state index is 12.6. The lowest BCUT2D eigenvalue weighted by Crippen LogP contribution is -2.29. The van der Waals surface area contributed by atoms with E-state index in [-0.39, 0.29) is 23.3 Å². The van der Waals surface area contributed by atoms with Crippen LogP contribution in [-0.2, 0) is 6.54 Å². The number of hydrogen-bond acceptors (Lipinski definition) is 8. The monoisotopic (exact) mass is 434 g/mol. The number of amides is 2. The molecular weight excluding hydrogens is 416 g/mol. The van der Waals surface area contributed by atoms with Crippen LogP contribution < -0.4 is 10.6 Å². The lowest BCUT2D eigenvalue weighted by atomic mass is 10.1. The van der Waals surface area contributed by atoms with E-state index in [1.54, 1.807) is 11.3 Å². The number of carbonyl (C=O) groups is 2. The summed E-state index contributed by atoms with van der Waals surface area (Å²) in [5.74, 6) is -0.272. The van der Waals surface area contributed by atoms with Crippen LogP contribution in [0.3, 0.4) is 0 Å². The van der Waals surface area contributed by atoms with E-state index in [2.05, 4.69) is 41.2 Å². The Kier molecular flexibility index (Phi) is 6.03. The molecule has 156 valence electrons. The normalized spacial score (nSPS) is 11.6. The second kappa shape index (κ2) is 9.22. The highest BCUT2D eigenvalue weighted by atomic mass is 32.1. The van der Waals surface area contributed by atoms with Gasteiger partial charge in [0.2, 0.25) is 5.82 Å². The molecule has 4 rings (SSSR count). The van der Waals surface area contributed by atoms with Crippen molar-refractivity contribution in [2.24, 2.45) is 0 Å². The van der Waals surface area contributed by atoms with E-state index >= 15 is 0 Å². The Labute approximate surface area is 181 Å². The molecule has 0 fully saturated rings. The molecule has 0 aliphatic rings. The number of aromatic amines is 1. The number of tetrazole rings is 1. The molecule has 3 N–H and O–H groups in total. The zero-order valence-corrected chi connectivity index (χ0v) is 17.3. The fourth-order valence-corrected chi connectivity index (χ4v) is 3.50. The number of rotatable bonds is 7. The van der Waals surface area contributed by atoms with Gasteiger partial charge in [0.05, 0.1) is 6.04 Å². The largest absolute Gasteiger partial charge is 0.347 e. The molecule has 0 spiro atoms. The third-order valence-electron chi connectivity index (χ3n) is 4.53. The van der Waals surface area contributed by atoms with Crippen molar-refractivity contribution in [2.75, 3.05) is 0 Å². The molecule has 0 radical (unpaired) electrons. The van der Waals surface area contributed by atoms with Crippen molar-refractivity contribution in [3.63, 3.8) is 0 Å². The number of carbonyl (C=O) groups excluding carboxylic acids is 2. The van der Waals surface area contributed by atoms with Crippen LogP contribution in [-0.4, -0.2) is 42.4 Å². The van der Waals surface area contributed by atoms with Gasteiger partial charge in [-0.2, -0.15) is 16.6 Å². The molecule has 3 aromatic heterocycles. The van der Waals surface area contributed by atoms with Crippen molar-refractivity contribution in [1.82, 2.24) is 41.2 Å². The molecule has 10 nitrogen and oxygen atoms in total. The van der Waals surface area contributed by atoms with Crippen molar-refractivity contribution in [3.8, 4) is 11.4 Å². The maximum absolute atomic E-state index is 12.6. The van der Waals surface area contributed by atoms with Gasteiger partial charge in [0.15, 0.2) is 0 Å². The van der Waals surface area contributed by atoms with Gasteiger partial charge in [0.1, 0.15) is 17.7 Å². The Balaban J connectivity index is 1.38. The van der Waals surface area contributed by atoms with Gasteiger partial charge in [-0.1, -0.05) is 24.3 Å². The van der Waals surface area contributed by atoms with Crippen molar-refractivity contribution in [2.45, 2.75) is 19.5 Å². The Morgan fingerprint density at radius 3 is 2.55 bits per heavy atom. The average Bonchev–Trinajstić information content (AvgIpc) is 3.52. The molecule has 1 aromatic carbocycles. The van der Waals surface area contributed by atoms with E-state index in [0.717, 1.165) is 16.7 Å². The SMILES string of the molecule is C[C@H](NC(=O)c1cc(C(=O)NCc2ccsc2)ncn1)c1ccc(-c2nn[nH]n2)cc1.